The van der Waals surface area contributed by atoms with Crippen molar-refractivity contribution in [1.82, 2.24) is 0 Å². The van der Waals surface area contributed by atoms with Gasteiger partial charge in [-0.3, -0.25) is 4.79 Å². The van der Waals surface area contributed by atoms with Crippen LogP contribution in [0.25, 0.3) is 0 Å². The fourth-order valence-corrected chi connectivity index (χ4v) is 4.64. The van der Waals surface area contributed by atoms with Crippen molar-refractivity contribution in [2.24, 2.45) is 0 Å². The molecule has 0 unspecified atom stereocenters. The lowest BCUT2D eigenvalue weighted by molar-refractivity contribution is -0.120. The van der Waals surface area contributed by atoms with E-state index in [9.17, 15) is 4.79 Å². The lowest BCUT2D eigenvalue weighted by atomic mass is 9.65. The number of methoxy groups -OCH3 is 1. The topological polar surface area (TPSA) is 38.8 Å². The highest BCUT2D eigenvalue weighted by Crippen LogP contribution is 2.71. The summed E-state index contributed by atoms with van der Waals surface area (Å²) in [5, 5.41) is 0. The maximum atomic E-state index is 12.0. The van der Waals surface area contributed by atoms with Crippen molar-refractivity contribution in [3.05, 3.63) is 35.9 Å². The molecule has 106 valence electrons. The van der Waals surface area contributed by atoms with E-state index in [0.717, 1.165) is 12.8 Å². The molecule has 1 aromatic carbocycles. The summed E-state index contributed by atoms with van der Waals surface area (Å²) in [6.07, 6.45) is 2.90. The Morgan fingerprint density at radius 2 is 2.00 bits per heavy atom. The number of hydrogen-bond acceptors (Lipinski definition) is 3. The summed E-state index contributed by atoms with van der Waals surface area (Å²) in [6.45, 7) is 2.14. The summed E-state index contributed by atoms with van der Waals surface area (Å²) >= 11 is 0. The fraction of sp³-hybridized carbons (Fsp3) is 0.588. The number of ketones is 1. The van der Waals surface area contributed by atoms with E-state index in [2.05, 4.69) is 31.2 Å². The minimum atomic E-state index is -0.256. The molecule has 1 heterocycles. The van der Waals surface area contributed by atoms with Crippen molar-refractivity contribution in [1.29, 1.82) is 0 Å². The lowest BCUT2D eigenvalue weighted by Crippen LogP contribution is -2.45. The molecule has 4 rings (SSSR count). The molecule has 2 aliphatic carbocycles. The Labute approximate surface area is 119 Å². The van der Waals surface area contributed by atoms with E-state index >= 15 is 0 Å². The van der Waals surface area contributed by atoms with Crippen molar-refractivity contribution in [2.45, 2.75) is 55.3 Å². The first-order valence-corrected chi connectivity index (χ1v) is 7.35. The normalized spacial score (nSPS) is 45.9. The summed E-state index contributed by atoms with van der Waals surface area (Å²) in [4.78, 5) is 12.0. The van der Waals surface area contributed by atoms with E-state index in [1.807, 2.05) is 6.07 Å². The van der Waals surface area contributed by atoms with Gasteiger partial charge in [0.25, 0.3) is 0 Å². The largest absolute Gasteiger partial charge is 0.378 e. The van der Waals surface area contributed by atoms with Gasteiger partial charge in [0, 0.05) is 32.3 Å². The van der Waals surface area contributed by atoms with Gasteiger partial charge in [-0.15, -0.1) is 0 Å². The average Bonchev–Trinajstić information content (AvgIpc) is 2.95. The van der Waals surface area contributed by atoms with Gasteiger partial charge < -0.3 is 9.47 Å². The van der Waals surface area contributed by atoms with Gasteiger partial charge in [-0.2, -0.15) is 0 Å². The SMILES string of the molecule is CO[C@]1(C)C[C@@H](c2ccccc2)[C@]23CC(=O)C[C@@]2(C1)O3. The second kappa shape index (κ2) is 3.71. The first kappa shape index (κ1) is 12.5. The Balaban J connectivity index is 1.79. The van der Waals surface area contributed by atoms with Crippen molar-refractivity contribution in [3.8, 4) is 0 Å². The minimum absolute atomic E-state index is 0.203. The van der Waals surface area contributed by atoms with E-state index < -0.39 is 0 Å². The Kier molecular flexibility index (Phi) is 2.33. The van der Waals surface area contributed by atoms with Gasteiger partial charge in [-0.1, -0.05) is 30.3 Å². The molecule has 0 radical (unpaired) electrons. The van der Waals surface area contributed by atoms with Gasteiger partial charge in [0.1, 0.15) is 17.0 Å². The van der Waals surface area contributed by atoms with E-state index in [0.29, 0.717) is 18.6 Å². The van der Waals surface area contributed by atoms with Gasteiger partial charge in [0.15, 0.2) is 0 Å². The maximum Gasteiger partial charge on any atom is 0.138 e. The zero-order valence-corrected chi connectivity index (χ0v) is 12.0. The van der Waals surface area contributed by atoms with Crippen molar-refractivity contribution < 1.29 is 14.3 Å². The van der Waals surface area contributed by atoms with Crippen LogP contribution in [-0.2, 0) is 14.3 Å². The van der Waals surface area contributed by atoms with Crippen LogP contribution >= 0.6 is 0 Å². The van der Waals surface area contributed by atoms with Crippen LogP contribution in [-0.4, -0.2) is 29.7 Å². The summed E-state index contributed by atoms with van der Waals surface area (Å²) < 4.78 is 12.0. The number of hydrogen-bond donors (Lipinski definition) is 0. The first-order valence-electron chi connectivity index (χ1n) is 7.35. The third-order valence-corrected chi connectivity index (χ3v) is 5.60. The molecule has 0 spiro atoms. The van der Waals surface area contributed by atoms with E-state index in [1.54, 1.807) is 7.11 Å². The Morgan fingerprint density at radius 1 is 1.25 bits per heavy atom. The summed E-state index contributed by atoms with van der Waals surface area (Å²) in [7, 11) is 1.77. The molecule has 1 saturated heterocycles. The molecule has 4 atom stereocenters. The molecule has 2 saturated carbocycles. The molecule has 0 bridgehead atoms. The van der Waals surface area contributed by atoms with Crippen LogP contribution in [0.15, 0.2) is 30.3 Å². The number of carbonyl (C=O) groups is 1. The molecule has 20 heavy (non-hydrogen) atoms. The molecule has 1 aliphatic heterocycles. The monoisotopic (exact) mass is 272 g/mol. The van der Waals surface area contributed by atoms with Crippen molar-refractivity contribution in [2.75, 3.05) is 7.11 Å². The van der Waals surface area contributed by atoms with Crippen LogP contribution < -0.4 is 0 Å². The summed E-state index contributed by atoms with van der Waals surface area (Å²) in [5.41, 5.74) is 0.564. The highest BCUT2D eigenvalue weighted by molar-refractivity contribution is 5.87. The number of benzene rings is 1. The van der Waals surface area contributed by atoms with Gasteiger partial charge in [-0.05, 0) is 18.9 Å². The third-order valence-electron chi connectivity index (χ3n) is 5.60. The maximum absolute atomic E-state index is 12.0. The second-order valence-electron chi connectivity index (χ2n) is 6.88. The van der Waals surface area contributed by atoms with Crippen LogP contribution in [0.3, 0.4) is 0 Å². The molecule has 0 amide bonds. The molecule has 3 aliphatic rings. The number of Topliss-reactive ketones (excluding diaryl/α,β-unsaturated/α-hetero) is 1. The smallest absolute Gasteiger partial charge is 0.138 e. The highest BCUT2D eigenvalue weighted by Gasteiger charge is 2.81. The van der Waals surface area contributed by atoms with E-state index in [1.165, 1.54) is 5.56 Å². The molecule has 0 N–H and O–H groups in total. The fourth-order valence-electron chi connectivity index (χ4n) is 4.64. The van der Waals surface area contributed by atoms with Gasteiger partial charge in [-0.25, -0.2) is 0 Å². The molecule has 1 aromatic rings. The molecule has 3 heteroatoms. The molecular formula is C17H20O3. The molecule has 3 nitrogen and oxygen atoms in total. The first-order chi connectivity index (χ1) is 9.53. The summed E-state index contributed by atoms with van der Waals surface area (Å²) in [6, 6.07) is 10.4. The van der Waals surface area contributed by atoms with E-state index in [4.69, 9.17) is 9.47 Å². The zero-order valence-electron chi connectivity index (χ0n) is 12.0. The van der Waals surface area contributed by atoms with Crippen LogP contribution in [0.4, 0.5) is 0 Å². The van der Waals surface area contributed by atoms with Gasteiger partial charge >= 0.3 is 0 Å². The van der Waals surface area contributed by atoms with Gasteiger partial charge in [0.05, 0.1) is 5.60 Å². The zero-order chi connectivity index (χ0) is 14.0. The number of epoxide rings is 1. The standard InChI is InChI=1S/C17H20O3/c1-15(19-2)10-14(12-6-4-3-5-7-12)17-9-13(18)8-16(17,11-15)20-17/h3-7,14H,8-11H2,1-2H3/t14-,15+,16-,17+/m0/s1. The highest BCUT2D eigenvalue weighted by atomic mass is 16.6. The molecule has 0 aromatic heterocycles. The Hall–Kier alpha value is -1.19. The van der Waals surface area contributed by atoms with Gasteiger partial charge in [0.2, 0.25) is 0 Å². The second-order valence-corrected chi connectivity index (χ2v) is 6.88. The Bertz CT molecular complexity index is 569. The lowest BCUT2D eigenvalue weighted by Gasteiger charge is -2.40. The number of ether oxygens (including phenoxy) is 2. The van der Waals surface area contributed by atoms with Crippen LogP contribution in [0.5, 0.6) is 0 Å². The van der Waals surface area contributed by atoms with Crippen LogP contribution in [0.2, 0.25) is 0 Å². The Morgan fingerprint density at radius 3 is 2.70 bits per heavy atom. The predicted molar refractivity (Wildman–Crippen MR) is 74.6 cm³/mol. The molecule has 3 fully saturated rings. The van der Waals surface area contributed by atoms with E-state index in [-0.39, 0.29) is 22.7 Å². The summed E-state index contributed by atoms with van der Waals surface area (Å²) in [5.74, 6) is 0.603. The third kappa shape index (κ3) is 1.45. The average molecular weight is 272 g/mol. The molecular weight excluding hydrogens is 252 g/mol. The number of rotatable bonds is 2. The van der Waals surface area contributed by atoms with Crippen molar-refractivity contribution >= 4 is 5.78 Å². The number of carbonyl (C=O) groups excluding carboxylic acids is 1. The predicted octanol–water partition coefficient (Wildman–Crippen LogP) is 2.84. The van der Waals surface area contributed by atoms with Crippen LogP contribution in [0, 0.1) is 0 Å². The van der Waals surface area contributed by atoms with Crippen molar-refractivity contribution in [3.63, 3.8) is 0 Å². The van der Waals surface area contributed by atoms with Crippen LogP contribution in [0.1, 0.15) is 44.1 Å². The quantitative estimate of drug-likeness (QED) is 0.777. The minimum Gasteiger partial charge on any atom is -0.378 e.